The second-order valence-electron chi connectivity index (χ2n) is 12.0. The second kappa shape index (κ2) is 9.45. The van der Waals surface area contributed by atoms with Gasteiger partial charge in [-0.1, -0.05) is 27.2 Å². The third-order valence-corrected chi connectivity index (χ3v) is 13.8. The van der Waals surface area contributed by atoms with Gasteiger partial charge in [-0.25, -0.2) is 8.98 Å². The van der Waals surface area contributed by atoms with Crippen LogP contribution in [0.3, 0.4) is 0 Å². The summed E-state index contributed by atoms with van der Waals surface area (Å²) >= 11 is 0. The molecular formula is C24H40N4O7SSi. The van der Waals surface area contributed by atoms with Crippen LogP contribution in [0.2, 0.25) is 18.1 Å². The van der Waals surface area contributed by atoms with E-state index in [1.54, 1.807) is 6.92 Å². The highest BCUT2D eigenvalue weighted by Crippen LogP contribution is 2.51. The molecule has 4 atom stereocenters. The van der Waals surface area contributed by atoms with Crippen LogP contribution in [0.5, 0.6) is 0 Å². The lowest BCUT2D eigenvalue weighted by atomic mass is 9.88. The second-order valence-corrected chi connectivity index (χ2v) is 18.1. The van der Waals surface area contributed by atoms with Crippen molar-refractivity contribution in [3.63, 3.8) is 0 Å². The first-order valence-electron chi connectivity index (χ1n) is 12.8. The van der Waals surface area contributed by atoms with Crippen LogP contribution in [0.4, 0.5) is 0 Å². The summed E-state index contributed by atoms with van der Waals surface area (Å²) in [6.07, 6.45) is 1.68. The lowest BCUT2D eigenvalue weighted by molar-refractivity contribution is -0.0519. The molecular weight excluding hydrogens is 516 g/mol. The quantitative estimate of drug-likeness (QED) is 0.423. The predicted octanol–water partition coefficient (Wildman–Crippen LogP) is 1.53. The number of nitrogens with two attached hydrogens (primary N) is 1. The number of aryl methyl sites for hydroxylation is 1. The number of rotatable bonds is 5. The van der Waals surface area contributed by atoms with Crippen LogP contribution < -0.4 is 17.0 Å². The maximum absolute atomic E-state index is 13.3. The molecule has 37 heavy (non-hydrogen) atoms. The minimum Gasteiger partial charge on any atom is -0.406 e. The molecule has 0 amide bonds. The smallest absolute Gasteiger partial charge is 0.332 e. The standard InChI is InChI=1S/C24H40N4O7SSi/c1-16-13-28(22(30)26(5)20(16)29)21-19(34-37(6,7)23(2,3)4)24(17(25)15-36(31,32)35-24)18(33-21)14-27-11-9-8-10-12-27/h13,15,18-19,21H,8-12,14,25H2,1-7H3/t18-,19+,21-,24-/m1/s1. The van der Waals surface area contributed by atoms with Gasteiger partial charge in [-0.05, 0) is 51.0 Å². The topological polar surface area (TPSA) is 135 Å². The van der Waals surface area contributed by atoms with Gasteiger partial charge < -0.3 is 19.8 Å². The number of aromatic nitrogens is 2. The maximum Gasteiger partial charge on any atom is 0.332 e. The molecule has 208 valence electrons. The molecule has 1 aromatic heterocycles. The van der Waals surface area contributed by atoms with E-state index in [1.165, 1.54) is 17.8 Å². The number of ether oxygens (including phenoxy) is 1. The van der Waals surface area contributed by atoms with Crippen molar-refractivity contribution >= 4 is 18.4 Å². The van der Waals surface area contributed by atoms with Crippen LogP contribution in [0.15, 0.2) is 26.9 Å². The van der Waals surface area contributed by atoms with Crippen LogP contribution >= 0.6 is 0 Å². The first-order chi connectivity index (χ1) is 17.0. The highest BCUT2D eigenvalue weighted by molar-refractivity contribution is 7.90. The van der Waals surface area contributed by atoms with E-state index >= 15 is 0 Å². The fraction of sp³-hybridized carbons (Fsp3) is 0.750. The maximum atomic E-state index is 13.3. The average molecular weight is 557 g/mol. The van der Waals surface area contributed by atoms with Gasteiger partial charge >= 0.3 is 5.69 Å². The van der Waals surface area contributed by atoms with Crippen molar-refractivity contribution in [2.45, 2.75) is 89.1 Å². The summed E-state index contributed by atoms with van der Waals surface area (Å²) in [5.41, 5.74) is 4.15. The third kappa shape index (κ3) is 4.89. The molecule has 4 heterocycles. The number of likely N-dealkylation sites (tertiary alicyclic amines) is 1. The summed E-state index contributed by atoms with van der Waals surface area (Å²) in [6.45, 7) is 13.9. The summed E-state index contributed by atoms with van der Waals surface area (Å²) in [5, 5.41) is 0.683. The van der Waals surface area contributed by atoms with E-state index in [1.807, 2.05) is 13.1 Å². The van der Waals surface area contributed by atoms with Gasteiger partial charge in [0.25, 0.3) is 15.7 Å². The fourth-order valence-electron chi connectivity index (χ4n) is 5.13. The summed E-state index contributed by atoms with van der Waals surface area (Å²) < 4.78 is 47.2. The minimum atomic E-state index is -4.12. The highest BCUT2D eigenvalue weighted by atomic mass is 32.2. The SMILES string of the molecule is Cc1cn([C@@H]2O[C@H](CN3CCCCC3)[C@@]3(OS(=O)(=O)C=C3N)[C@H]2O[Si](C)(C)C(C)(C)C)c(=O)n(C)c1=O. The van der Waals surface area contributed by atoms with Crippen LogP contribution in [0.1, 0.15) is 51.8 Å². The van der Waals surface area contributed by atoms with Crippen molar-refractivity contribution in [2.75, 3.05) is 19.6 Å². The lowest BCUT2D eigenvalue weighted by Gasteiger charge is -2.43. The first kappa shape index (κ1) is 28.2. The van der Waals surface area contributed by atoms with Crippen molar-refractivity contribution in [3.8, 4) is 0 Å². The molecule has 13 heteroatoms. The zero-order valence-corrected chi connectivity index (χ0v) is 24.6. The molecule has 3 aliphatic heterocycles. The molecule has 3 aliphatic rings. The van der Waals surface area contributed by atoms with Crippen molar-refractivity contribution in [2.24, 2.45) is 12.8 Å². The zero-order chi connectivity index (χ0) is 27.6. The zero-order valence-electron chi connectivity index (χ0n) is 22.8. The molecule has 1 spiro atoms. The van der Waals surface area contributed by atoms with Crippen molar-refractivity contribution in [1.29, 1.82) is 0 Å². The molecule has 0 saturated carbocycles. The van der Waals surface area contributed by atoms with E-state index in [0.29, 0.717) is 12.1 Å². The van der Waals surface area contributed by atoms with Gasteiger partial charge in [0.2, 0.25) is 0 Å². The largest absolute Gasteiger partial charge is 0.406 e. The molecule has 0 bridgehead atoms. The van der Waals surface area contributed by atoms with Gasteiger partial charge in [0.1, 0.15) is 12.2 Å². The Kier molecular flexibility index (Phi) is 7.21. The molecule has 0 unspecified atom stereocenters. The Morgan fingerprint density at radius 3 is 2.35 bits per heavy atom. The monoisotopic (exact) mass is 556 g/mol. The van der Waals surface area contributed by atoms with Gasteiger partial charge in [0, 0.05) is 25.4 Å². The molecule has 1 aromatic rings. The molecule has 11 nitrogen and oxygen atoms in total. The van der Waals surface area contributed by atoms with Gasteiger partial charge in [-0.2, -0.15) is 8.42 Å². The summed E-state index contributed by atoms with van der Waals surface area (Å²) in [6, 6.07) is 0. The van der Waals surface area contributed by atoms with Crippen LogP contribution in [-0.2, 0) is 30.5 Å². The molecule has 0 radical (unpaired) electrons. The number of nitrogens with zero attached hydrogens (tertiary/aromatic N) is 3. The highest BCUT2D eigenvalue weighted by Gasteiger charge is 2.67. The van der Waals surface area contributed by atoms with E-state index in [-0.39, 0.29) is 10.7 Å². The summed E-state index contributed by atoms with van der Waals surface area (Å²) in [5.74, 6) is 0. The fourth-order valence-corrected chi connectivity index (χ4v) is 7.64. The van der Waals surface area contributed by atoms with Crippen LogP contribution in [0, 0.1) is 6.92 Å². The average Bonchev–Trinajstić information content (AvgIpc) is 3.21. The Balaban J connectivity index is 1.91. The lowest BCUT2D eigenvalue weighted by Crippen LogP contribution is -2.59. The van der Waals surface area contributed by atoms with Gasteiger partial charge in [-0.15, -0.1) is 0 Å². The molecule has 2 N–H and O–H groups in total. The van der Waals surface area contributed by atoms with Crippen LogP contribution in [0.25, 0.3) is 0 Å². The Morgan fingerprint density at radius 2 is 1.81 bits per heavy atom. The van der Waals surface area contributed by atoms with E-state index in [4.69, 9.17) is 19.1 Å². The first-order valence-corrected chi connectivity index (χ1v) is 17.2. The van der Waals surface area contributed by atoms with E-state index < -0.39 is 53.7 Å². The van der Waals surface area contributed by atoms with Gasteiger partial charge in [0.15, 0.2) is 20.1 Å². The van der Waals surface area contributed by atoms with Crippen molar-refractivity contribution in [1.82, 2.24) is 14.0 Å². The van der Waals surface area contributed by atoms with Crippen molar-refractivity contribution < 1.29 is 21.8 Å². The van der Waals surface area contributed by atoms with E-state index in [0.717, 1.165) is 42.3 Å². The van der Waals surface area contributed by atoms with E-state index in [9.17, 15) is 18.0 Å². The summed E-state index contributed by atoms with van der Waals surface area (Å²) in [4.78, 5) is 28.0. The Bertz CT molecular complexity index is 1310. The molecule has 0 aliphatic carbocycles. The summed E-state index contributed by atoms with van der Waals surface area (Å²) in [7, 11) is -5.30. The van der Waals surface area contributed by atoms with Crippen LogP contribution in [-0.4, -0.2) is 68.2 Å². The minimum absolute atomic E-state index is 0.00434. The van der Waals surface area contributed by atoms with Gasteiger partial charge in [0.05, 0.1) is 11.1 Å². The Labute approximate surface area is 219 Å². The number of hydrogen-bond acceptors (Lipinski definition) is 9. The van der Waals surface area contributed by atoms with Crippen molar-refractivity contribution in [3.05, 3.63) is 43.7 Å². The molecule has 2 saturated heterocycles. The third-order valence-electron chi connectivity index (χ3n) is 8.30. The predicted molar refractivity (Wildman–Crippen MR) is 142 cm³/mol. The van der Waals surface area contributed by atoms with Gasteiger partial charge in [-0.3, -0.25) is 13.9 Å². The Morgan fingerprint density at radius 1 is 1.19 bits per heavy atom. The number of piperidine rings is 1. The molecule has 4 rings (SSSR count). The number of hydrogen-bond donors (Lipinski definition) is 1. The van der Waals surface area contributed by atoms with E-state index in [2.05, 4.69) is 25.7 Å². The Hall–Kier alpha value is -1.77. The normalized spacial score (nSPS) is 30.7. The molecule has 0 aromatic carbocycles. The molecule has 2 fully saturated rings.